The molecule has 0 fully saturated rings. The van der Waals surface area contributed by atoms with Crippen molar-refractivity contribution >= 4 is 23.2 Å². The average molecular weight is 445 g/mol. The van der Waals surface area contributed by atoms with Crippen LogP contribution >= 0.6 is 0 Å². The predicted molar refractivity (Wildman–Crippen MR) is 128 cm³/mol. The molecule has 0 radical (unpaired) electrons. The SMILES string of the molecule is COc1cccc(CO[C@H](C)C(=O)N2CCC(=O)N(Cc3ccccc3)c3ccccc32)c1. The first-order valence-electron chi connectivity index (χ1n) is 11.1. The van der Waals surface area contributed by atoms with Crippen LogP contribution in [-0.4, -0.2) is 31.6 Å². The zero-order valence-corrected chi connectivity index (χ0v) is 18.9. The summed E-state index contributed by atoms with van der Waals surface area (Å²) in [6.45, 7) is 2.81. The lowest BCUT2D eigenvalue weighted by atomic mass is 10.1. The van der Waals surface area contributed by atoms with Crippen LogP contribution in [0.1, 0.15) is 24.5 Å². The summed E-state index contributed by atoms with van der Waals surface area (Å²) in [5.41, 5.74) is 3.42. The van der Waals surface area contributed by atoms with Gasteiger partial charge < -0.3 is 19.3 Å². The Kier molecular flexibility index (Phi) is 7.05. The van der Waals surface area contributed by atoms with Crippen molar-refractivity contribution in [1.29, 1.82) is 0 Å². The Morgan fingerprint density at radius 1 is 0.939 bits per heavy atom. The first kappa shape index (κ1) is 22.6. The van der Waals surface area contributed by atoms with Crippen LogP contribution in [-0.2, 0) is 27.5 Å². The molecule has 0 saturated carbocycles. The summed E-state index contributed by atoms with van der Waals surface area (Å²) in [5.74, 6) is 0.569. The monoisotopic (exact) mass is 444 g/mol. The third kappa shape index (κ3) is 5.23. The number of para-hydroxylation sites is 2. The molecule has 1 aliphatic rings. The number of rotatable bonds is 7. The van der Waals surface area contributed by atoms with Gasteiger partial charge in [0.2, 0.25) is 5.91 Å². The number of carbonyl (C=O) groups is 2. The molecule has 6 nitrogen and oxygen atoms in total. The number of hydrogen-bond acceptors (Lipinski definition) is 4. The second-order valence-corrected chi connectivity index (χ2v) is 8.00. The zero-order valence-electron chi connectivity index (χ0n) is 18.9. The van der Waals surface area contributed by atoms with E-state index in [2.05, 4.69) is 0 Å². The van der Waals surface area contributed by atoms with Crippen molar-refractivity contribution < 1.29 is 19.1 Å². The lowest BCUT2D eigenvalue weighted by molar-refractivity contribution is -0.129. The van der Waals surface area contributed by atoms with Gasteiger partial charge in [-0.05, 0) is 42.3 Å². The maximum atomic E-state index is 13.4. The molecule has 3 aromatic carbocycles. The molecule has 1 aliphatic heterocycles. The van der Waals surface area contributed by atoms with Crippen molar-refractivity contribution in [3.8, 4) is 5.75 Å². The normalized spacial score (nSPS) is 14.4. The second kappa shape index (κ2) is 10.3. The van der Waals surface area contributed by atoms with E-state index in [1.807, 2.05) is 78.9 Å². The van der Waals surface area contributed by atoms with E-state index in [-0.39, 0.29) is 18.2 Å². The molecule has 2 amide bonds. The van der Waals surface area contributed by atoms with Crippen molar-refractivity contribution in [2.45, 2.75) is 32.6 Å². The number of methoxy groups -OCH3 is 1. The van der Waals surface area contributed by atoms with Crippen LogP contribution in [0.25, 0.3) is 0 Å². The topological polar surface area (TPSA) is 59.1 Å². The largest absolute Gasteiger partial charge is 0.497 e. The fraction of sp³-hybridized carbons (Fsp3) is 0.259. The van der Waals surface area contributed by atoms with Gasteiger partial charge in [-0.2, -0.15) is 0 Å². The summed E-state index contributed by atoms with van der Waals surface area (Å²) in [6.07, 6.45) is -0.421. The fourth-order valence-electron chi connectivity index (χ4n) is 3.96. The van der Waals surface area contributed by atoms with E-state index in [0.717, 1.165) is 28.3 Å². The number of amides is 2. The number of anilines is 2. The molecule has 0 saturated heterocycles. The molecule has 4 rings (SSSR count). The van der Waals surface area contributed by atoms with Gasteiger partial charge in [0.25, 0.3) is 5.91 Å². The minimum absolute atomic E-state index is 0.00782. The van der Waals surface area contributed by atoms with Gasteiger partial charge in [0.05, 0.1) is 31.6 Å². The molecule has 0 bridgehead atoms. The van der Waals surface area contributed by atoms with E-state index in [0.29, 0.717) is 19.7 Å². The number of carbonyl (C=O) groups excluding carboxylic acids is 2. The van der Waals surface area contributed by atoms with Crippen LogP contribution in [0, 0.1) is 0 Å². The highest BCUT2D eigenvalue weighted by Crippen LogP contribution is 2.34. The Bertz CT molecular complexity index is 1120. The van der Waals surface area contributed by atoms with E-state index in [1.54, 1.807) is 23.8 Å². The molecule has 0 N–H and O–H groups in total. The fourth-order valence-corrected chi connectivity index (χ4v) is 3.96. The number of nitrogens with zero attached hydrogens (tertiary/aromatic N) is 2. The van der Waals surface area contributed by atoms with Crippen LogP contribution in [0.2, 0.25) is 0 Å². The molecular formula is C27H28N2O4. The highest BCUT2D eigenvalue weighted by molar-refractivity contribution is 6.06. The summed E-state index contributed by atoms with van der Waals surface area (Å²) >= 11 is 0. The van der Waals surface area contributed by atoms with Crippen molar-refractivity contribution in [2.75, 3.05) is 23.5 Å². The Morgan fingerprint density at radius 2 is 1.64 bits per heavy atom. The highest BCUT2D eigenvalue weighted by Gasteiger charge is 2.31. The molecule has 0 aromatic heterocycles. The van der Waals surface area contributed by atoms with Gasteiger partial charge in [-0.15, -0.1) is 0 Å². The maximum absolute atomic E-state index is 13.4. The second-order valence-electron chi connectivity index (χ2n) is 8.00. The number of ether oxygens (including phenoxy) is 2. The quantitative estimate of drug-likeness (QED) is 0.536. The minimum Gasteiger partial charge on any atom is -0.497 e. The first-order chi connectivity index (χ1) is 16.1. The Morgan fingerprint density at radius 3 is 2.39 bits per heavy atom. The molecular weight excluding hydrogens is 416 g/mol. The molecule has 0 spiro atoms. The van der Waals surface area contributed by atoms with Gasteiger partial charge in [-0.25, -0.2) is 0 Å². The van der Waals surface area contributed by atoms with Gasteiger partial charge in [-0.1, -0.05) is 54.6 Å². The number of fused-ring (bicyclic) bond motifs is 1. The molecule has 1 heterocycles. The highest BCUT2D eigenvalue weighted by atomic mass is 16.5. The molecule has 0 unspecified atom stereocenters. The van der Waals surface area contributed by atoms with E-state index in [1.165, 1.54) is 0 Å². The van der Waals surface area contributed by atoms with E-state index in [9.17, 15) is 9.59 Å². The molecule has 170 valence electrons. The summed E-state index contributed by atoms with van der Waals surface area (Å²) in [6, 6.07) is 25.0. The minimum atomic E-state index is -0.667. The lowest BCUT2D eigenvalue weighted by Gasteiger charge is -2.27. The van der Waals surface area contributed by atoms with Gasteiger partial charge in [0.1, 0.15) is 11.9 Å². The van der Waals surface area contributed by atoms with Crippen molar-refractivity contribution in [3.05, 3.63) is 90.0 Å². The van der Waals surface area contributed by atoms with Crippen molar-refractivity contribution in [3.63, 3.8) is 0 Å². The van der Waals surface area contributed by atoms with Crippen molar-refractivity contribution in [2.24, 2.45) is 0 Å². The van der Waals surface area contributed by atoms with E-state index < -0.39 is 6.10 Å². The lowest BCUT2D eigenvalue weighted by Crippen LogP contribution is -2.39. The molecule has 3 aromatic rings. The summed E-state index contributed by atoms with van der Waals surface area (Å²) in [4.78, 5) is 29.9. The van der Waals surface area contributed by atoms with Crippen molar-refractivity contribution in [1.82, 2.24) is 0 Å². The smallest absolute Gasteiger partial charge is 0.255 e. The molecule has 33 heavy (non-hydrogen) atoms. The van der Waals surface area contributed by atoms with Crippen LogP contribution in [0.4, 0.5) is 11.4 Å². The van der Waals surface area contributed by atoms with Gasteiger partial charge in [-0.3, -0.25) is 9.59 Å². The molecule has 1 atom stereocenters. The van der Waals surface area contributed by atoms with E-state index >= 15 is 0 Å². The Balaban J connectivity index is 1.53. The average Bonchev–Trinajstić information content (AvgIpc) is 2.99. The first-order valence-corrected chi connectivity index (χ1v) is 11.1. The zero-order chi connectivity index (χ0) is 23.2. The maximum Gasteiger partial charge on any atom is 0.255 e. The molecule has 0 aliphatic carbocycles. The Hall–Kier alpha value is -3.64. The summed E-state index contributed by atoms with van der Waals surface area (Å²) in [5, 5.41) is 0. The van der Waals surface area contributed by atoms with Crippen LogP contribution in [0.3, 0.4) is 0 Å². The summed E-state index contributed by atoms with van der Waals surface area (Å²) < 4.78 is 11.2. The standard InChI is InChI=1S/C27H28N2O4/c1-20(33-19-22-11-8-12-23(17-22)32-2)27(31)28-16-15-26(30)29(18-21-9-4-3-5-10-21)25-14-7-6-13-24(25)28/h3-14,17,20H,15-16,18-19H2,1-2H3/t20-/m1/s1. The van der Waals surface area contributed by atoms with Gasteiger partial charge in [0, 0.05) is 13.0 Å². The number of benzene rings is 3. The third-order valence-corrected chi connectivity index (χ3v) is 5.75. The molecule has 6 heteroatoms. The predicted octanol–water partition coefficient (Wildman–Crippen LogP) is 4.57. The van der Waals surface area contributed by atoms with Gasteiger partial charge in [0.15, 0.2) is 0 Å². The van der Waals surface area contributed by atoms with Gasteiger partial charge >= 0.3 is 0 Å². The third-order valence-electron chi connectivity index (χ3n) is 5.75. The van der Waals surface area contributed by atoms with Crippen LogP contribution < -0.4 is 14.5 Å². The number of hydrogen-bond donors (Lipinski definition) is 0. The van der Waals surface area contributed by atoms with E-state index in [4.69, 9.17) is 9.47 Å². The van der Waals surface area contributed by atoms with Crippen LogP contribution in [0.5, 0.6) is 5.75 Å². The summed E-state index contributed by atoms with van der Waals surface area (Å²) in [7, 11) is 1.62. The van der Waals surface area contributed by atoms with Crippen LogP contribution in [0.15, 0.2) is 78.9 Å². The Labute approximate surface area is 194 Å².